The Labute approximate surface area is 183 Å². The van der Waals surface area contributed by atoms with E-state index in [0.29, 0.717) is 28.4 Å². The molecule has 1 atom stereocenters. The molecule has 5 rings (SSSR count). The fraction of sp³-hybridized carbons (Fsp3) is 0.273. The third-order valence-electron chi connectivity index (χ3n) is 5.57. The van der Waals surface area contributed by atoms with Crippen molar-refractivity contribution in [3.05, 3.63) is 64.9 Å². The molecule has 0 saturated carbocycles. The van der Waals surface area contributed by atoms with Gasteiger partial charge in [-0.25, -0.2) is 19.9 Å². The van der Waals surface area contributed by atoms with Crippen LogP contribution in [0.1, 0.15) is 31.1 Å². The van der Waals surface area contributed by atoms with E-state index in [1.165, 1.54) is 18.5 Å². The van der Waals surface area contributed by atoms with Crippen molar-refractivity contribution in [2.24, 2.45) is 0 Å². The average Bonchev–Trinajstić information content (AvgIpc) is 3.26. The smallest absolute Gasteiger partial charge is 0.271 e. The predicted octanol–water partition coefficient (Wildman–Crippen LogP) is 4.55. The van der Waals surface area contributed by atoms with E-state index in [4.69, 9.17) is 4.74 Å². The van der Waals surface area contributed by atoms with E-state index in [1.54, 1.807) is 18.6 Å². The fourth-order valence-electron chi connectivity index (χ4n) is 3.88. The first-order valence-electron chi connectivity index (χ1n) is 10.4. The number of nitrogens with one attached hydrogen (secondary N) is 1. The summed E-state index contributed by atoms with van der Waals surface area (Å²) >= 11 is 0. The first-order valence-corrected chi connectivity index (χ1v) is 10.4. The molecule has 10 heteroatoms. The molecule has 1 aliphatic rings. The fourth-order valence-corrected chi connectivity index (χ4v) is 3.88. The van der Waals surface area contributed by atoms with E-state index in [9.17, 15) is 10.1 Å². The standard InChI is InChI=1S/C22H21N7O3/c1-14-7-8-15(29(30)31)11-17(14)27-21-16(5-4-9-23-21)19-20-22(25-12-24-19)28(13-26-20)18-6-2-3-10-32-18/h4-5,7-9,11-13,18H,2-3,6,10H2,1H3,(H,23,27). The van der Waals surface area contributed by atoms with Crippen LogP contribution >= 0.6 is 0 Å². The summed E-state index contributed by atoms with van der Waals surface area (Å²) < 4.78 is 7.86. The number of aromatic nitrogens is 5. The average molecular weight is 431 g/mol. The summed E-state index contributed by atoms with van der Waals surface area (Å²) in [5, 5.41) is 14.4. The minimum Gasteiger partial charge on any atom is -0.358 e. The van der Waals surface area contributed by atoms with E-state index < -0.39 is 4.92 Å². The Bertz CT molecular complexity index is 1300. The van der Waals surface area contributed by atoms with Crippen LogP contribution in [0.5, 0.6) is 0 Å². The second-order valence-corrected chi connectivity index (χ2v) is 7.65. The minimum absolute atomic E-state index is 0.00577. The van der Waals surface area contributed by atoms with Gasteiger partial charge in [-0.15, -0.1) is 0 Å². The highest BCUT2D eigenvalue weighted by Gasteiger charge is 2.22. The molecule has 1 N–H and O–H groups in total. The van der Waals surface area contributed by atoms with Gasteiger partial charge in [0, 0.05) is 36.2 Å². The molecule has 0 amide bonds. The normalized spacial score (nSPS) is 16.2. The van der Waals surface area contributed by atoms with Crippen LogP contribution in [0.4, 0.5) is 17.2 Å². The molecular formula is C22H21N7O3. The number of aryl methyl sites for hydroxylation is 1. The monoisotopic (exact) mass is 431 g/mol. The highest BCUT2D eigenvalue weighted by atomic mass is 16.6. The summed E-state index contributed by atoms with van der Waals surface area (Å²) in [5.74, 6) is 0.527. The highest BCUT2D eigenvalue weighted by molar-refractivity contribution is 5.91. The molecule has 32 heavy (non-hydrogen) atoms. The summed E-state index contributed by atoms with van der Waals surface area (Å²) in [4.78, 5) is 28.8. The lowest BCUT2D eigenvalue weighted by atomic mass is 10.1. The van der Waals surface area contributed by atoms with Crippen LogP contribution in [0.3, 0.4) is 0 Å². The van der Waals surface area contributed by atoms with E-state index in [0.717, 1.165) is 37.0 Å². The molecule has 1 unspecified atom stereocenters. The number of imidazole rings is 1. The number of nitro groups is 1. The van der Waals surface area contributed by atoms with E-state index in [-0.39, 0.29) is 11.9 Å². The van der Waals surface area contributed by atoms with Crippen molar-refractivity contribution in [1.29, 1.82) is 0 Å². The second kappa shape index (κ2) is 8.31. The van der Waals surface area contributed by atoms with Gasteiger partial charge in [0.15, 0.2) is 5.65 Å². The van der Waals surface area contributed by atoms with Gasteiger partial charge in [-0.1, -0.05) is 6.07 Å². The zero-order valence-corrected chi connectivity index (χ0v) is 17.4. The Hall–Kier alpha value is -3.92. The van der Waals surface area contributed by atoms with Crippen LogP contribution in [0.15, 0.2) is 49.2 Å². The molecule has 0 spiro atoms. The molecule has 10 nitrogen and oxygen atoms in total. The van der Waals surface area contributed by atoms with E-state index in [1.807, 2.05) is 23.6 Å². The molecule has 3 aromatic heterocycles. The van der Waals surface area contributed by atoms with Gasteiger partial charge in [0.25, 0.3) is 5.69 Å². The Kier molecular flexibility index (Phi) is 5.20. The van der Waals surface area contributed by atoms with Gasteiger partial charge in [-0.3, -0.25) is 14.7 Å². The van der Waals surface area contributed by atoms with Crippen LogP contribution in [0.25, 0.3) is 22.4 Å². The van der Waals surface area contributed by atoms with Crippen molar-refractivity contribution in [3.8, 4) is 11.3 Å². The highest BCUT2D eigenvalue weighted by Crippen LogP contribution is 2.34. The zero-order chi connectivity index (χ0) is 22.1. The van der Waals surface area contributed by atoms with E-state index in [2.05, 4.69) is 25.3 Å². The van der Waals surface area contributed by atoms with Crippen molar-refractivity contribution < 1.29 is 9.66 Å². The van der Waals surface area contributed by atoms with Gasteiger partial charge in [-0.05, 0) is 43.9 Å². The number of ether oxygens (including phenoxy) is 1. The number of benzene rings is 1. The number of anilines is 2. The molecule has 162 valence electrons. The van der Waals surface area contributed by atoms with Gasteiger partial charge < -0.3 is 10.1 Å². The molecule has 1 aliphatic heterocycles. The van der Waals surface area contributed by atoms with Gasteiger partial charge in [0.1, 0.15) is 29.6 Å². The van der Waals surface area contributed by atoms with Gasteiger partial charge in [0.2, 0.25) is 0 Å². The largest absolute Gasteiger partial charge is 0.358 e. The summed E-state index contributed by atoms with van der Waals surface area (Å²) in [6.07, 6.45) is 7.89. The van der Waals surface area contributed by atoms with Crippen molar-refractivity contribution >= 4 is 28.4 Å². The van der Waals surface area contributed by atoms with Gasteiger partial charge in [0.05, 0.1) is 11.3 Å². The maximum Gasteiger partial charge on any atom is 0.271 e. The Morgan fingerprint density at radius 1 is 1.19 bits per heavy atom. The third kappa shape index (κ3) is 3.65. The molecule has 4 aromatic rings. The molecule has 1 fully saturated rings. The molecule has 1 aromatic carbocycles. The lowest BCUT2D eigenvalue weighted by molar-refractivity contribution is -0.384. The SMILES string of the molecule is Cc1ccc([N+](=O)[O-])cc1Nc1ncccc1-c1ncnc2c1ncn2C1CCCCO1. The lowest BCUT2D eigenvalue weighted by Crippen LogP contribution is -2.17. The first kappa shape index (κ1) is 20.0. The maximum atomic E-state index is 11.2. The van der Waals surface area contributed by atoms with E-state index >= 15 is 0 Å². The van der Waals surface area contributed by atoms with Crippen molar-refractivity contribution in [2.45, 2.75) is 32.4 Å². The molecule has 4 heterocycles. The number of non-ortho nitro benzene ring substituents is 1. The van der Waals surface area contributed by atoms with Crippen LogP contribution < -0.4 is 5.32 Å². The number of hydrogen-bond donors (Lipinski definition) is 1. The van der Waals surface area contributed by atoms with Crippen LogP contribution in [0.2, 0.25) is 0 Å². The number of nitrogens with zero attached hydrogens (tertiary/aromatic N) is 6. The summed E-state index contributed by atoms with van der Waals surface area (Å²) in [7, 11) is 0. The molecule has 0 bridgehead atoms. The topological polar surface area (TPSA) is 121 Å². The van der Waals surface area contributed by atoms with Crippen LogP contribution in [-0.2, 0) is 4.74 Å². The number of pyridine rings is 1. The molecule has 1 saturated heterocycles. The van der Waals surface area contributed by atoms with Crippen LogP contribution in [-0.4, -0.2) is 36.0 Å². The zero-order valence-electron chi connectivity index (χ0n) is 17.4. The summed E-state index contributed by atoms with van der Waals surface area (Å²) in [6.45, 7) is 2.60. The maximum absolute atomic E-state index is 11.2. The third-order valence-corrected chi connectivity index (χ3v) is 5.57. The van der Waals surface area contributed by atoms with Gasteiger partial charge in [-0.2, -0.15) is 0 Å². The Morgan fingerprint density at radius 3 is 2.91 bits per heavy atom. The molecular weight excluding hydrogens is 410 g/mol. The van der Waals surface area contributed by atoms with Gasteiger partial charge >= 0.3 is 0 Å². The van der Waals surface area contributed by atoms with Crippen LogP contribution in [0, 0.1) is 17.0 Å². The number of hydrogen-bond acceptors (Lipinski definition) is 8. The lowest BCUT2D eigenvalue weighted by Gasteiger charge is -2.23. The van der Waals surface area contributed by atoms with Crippen molar-refractivity contribution in [3.63, 3.8) is 0 Å². The number of nitro benzene ring substituents is 1. The summed E-state index contributed by atoms with van der Waals surface area (Å²) in [6, 6.07) is 8.39. The summed E-state index contributed by atoms with van der Waals surface area (Å²) in [5.41, 5.74) is 4.16. The Morgan fingerprint density at radius 2 is 2.09 bits per heavy atom. The molecule has 0 radical (unpaired) electrons. The van der Waals surface area contributed by atoms with Crippen molar-refractivity contribution in [1.82, 2.24) is 24.5 Å². The van der Waals surface area contributed by atoms with Crippen molar-refractivity contribution in [2.75, 3.05) is 11.9 Å². The quantitative estimate of drug-likeness (QED) is 0.361. The predicted molar refractivity (Wildman–Crippen MR) is 119 cm³/mol. The first-order chi connectivity index (χ1) is 15.6. The molecule has 0 aliphatic carbocycles. The number of rotatable bonds is 5. The Balaban J connectivity index is 1.57. The second-order valence-electron chi connectivity index (χ2n) is 7.65. The minimum atomic E-state index is -0.419. The number of fused-ring (bicyclic) bond motifs is 1.